The molecular weight excluding hydrogens is 172 g/mol. The molecule has 0 unspecified atom stereocenters. The monoisotopic (exact) mass is 186 g/mol. The van der Waals surface area contributed by atoms with E-state index in [1.165, 1.54) is 0 Å². The van der Waals surface area contributed by atoms with Gasteiger partial charge < -0.3 is 4.90 Å². The standard InChI is InChI=1S/C12H14N2/c1-14(2)10-12(9-13)8-11-6-4-3-5-7-11/h3-8H,10H2,1-2H3/b12-8-. The Bertz CT molecular complexity index is 344. The third kappa shape index (κ3) is 3.42. The predicted molar refractivity (Wildman–Crippen MR) is 58.6 cm³/mol. The van der Waals surface area contributed by atoms with Crippen LogP contribution in [-0.2, 0) is 0 Å². The maximum Gasteiger partial charge on any atom is 0.0961 e. The van der Waals surface area contributed by atoms with Crippen molar-refractivity contribution in [2.45, 2.75) is 0 Å². The average molecular weight is 186 g/mol. The molecule has 0 aliphatic heterocycles. The van der Waals surface area contributed by atoms with E-state index in [0.29, 0.717) is 6.54 Å². The summed E-state index contributed by atoms with van der Waals surface area (Å²) in [6.07, 6.45) is 1.92. The molecule has 0 heterocycles. The minimum atomic E-state index is 0.686. The van der Waals surface area contributed by atoms with E-state index in [4.69, 9.17) is 5.26 Å². The molecule has 0 saturated carbocycles. The minimum Gasteiger partial charge on any atom is -0.304 e. The first-order valence-corrected chi connectivity index (χ1v) is 4.53. The lowest BCUT2D eigenvalue weighted by molar-refractivity contribution is 0.451. The van der Waals surface area contributed by atoms with Crippen LogP contribution in [0.15, 0.2) is 35.9 Å². The van der Waals surface area contributed by atoms with Crippen molar-refractivity contribution in [2.24, 2.45) is 0 Å². The van der Waals surface area contributed by atoms with Crippen molar-refractivity contribution >= 4 is 6.08 Å². The third-order valence-corrected chi connectivity index (χ3v) is 1.77. The highest BCUT2D eigenvalue weighted by molar-refractivity contribution is 5.57. The first kappa shape index (κ1) is 10.5. The van der Waals surface area contributed by atoms with Gasteiger partial charge in [0.2, 0.25) is 0 Å². The summed E-state index contributed by atoms with van der Waals surface area (Å²) in [5.41, 5.74) is 1.85. The summed E-state index contributed by atoms with van der Waals surface area (Å²) in [6, 6.07) is 12.1. The second-order valence-electron chi connectivity index (χ2n) is 3.43. The van der Waals surface area contributed by atoms with Gasteiger partial charge in [0.15, 0.2) is 0 Å². The molecule has 0 bridgehead atoms. The lowest BCUT2D eigenvalue weighted by Crippen LogP contribution is -2.14. The number of nitrogens with zero attached hydrogens (tertiary/aromatic N) is 2. The van der Waals surface area contributed by atoms with E-state index in [1.54, 1.807) is 0 Å². The maximum atomic E-state index is 8.89. The van der Waals surface area contributed by atoms with Crippen LogP contribution >= 0.6 is 0 Å². The second kappa shape index (κ2) is 5.21. The van der Waals surface area contributed by atoms with E-state index in [2.05, 4.69) is 6.07 Å². The number of benzene rings is 1. The molecule has 1 rings (SSSR count). The van der Waals surface area contributed by atoms with Gasteiger partial charge in [-0.1, -0.05) is 30.3 Å². The fraction of sp³-hybridized carbons (Fsp3) is 0.250. The maximum absolute atomic E-state index is 8.89. The van der Waals surface area contributed by atoms with Crippen LogP contribution in [0.4, 0.5) is 0 Å². The Balaban J connectivity index is 2.80. The van der Waals surface area contributed by atoms with E-state index in [0.717, 1.165) is 11.1 Å². The molecule has 14 heavy (non-hydrogen) atoms. The zero-order chi connectivity index (χ0) is 10.4. The smallest absolute Gasteiger partial charge is 0.0961 e. The number of hydrogen-bond acceptors (Lipinski definition) is 2. The van der Waals surface area contributed by atoms with Crippen LogP contribution < -0.4 is 0 Å². The quantitative estimate of drug-likeness (QED) is 0.676. The summed E-state index contributed by atoms with van der Waals surface area (Å²) >= 11 is 0. The molecule has 0 radical (unpaired) electrons. The largest absolute Gasteiger partial charge is 0.304 e. The molecule has 0 amide bonds. The van der Waals surface area contributed by atoms with Crippen molar-refractivity contribution in [3.05, 3.63) is 41.5 Å². The van der Waals surface area contributed by atoms with Crippen LogP contribution in [0.25, 0.3) is 6.08 Å². The molecule has 0 saturated heterocycles. The van der Waals surface area contributed by atoms with Crippen LogP contribution in [0.5, 0.6) is 0 Å². The molecule has 0 aromatic heterocycles. The lowest BCUT2D eigenvalue weighted by Gasteiger charge is -2.07. The fourth-order valence-electron chi connectivity index (χ4n) is 1.20. The van der Waals surface area contributed by atoms with Gasteiger partial charge >= 0.3 is 0 Å². The number of likely N-dealkylation sites (N-methyl/N-ethyl adjacent to an activating group) is 1. The molecule has 1 aromatic carbocycles. The molecular formula is C12H14N2. The molecule has 72 valence electrons. The summed E-state index contributed by atoms with van der Waals surface area (Å²) in [5.74, 6) is 0. The number of rotatable bonds is 3. The summed E-state index contributed by atoms with van der Waals surface area (Å²) in [4.78, 5) is 1.98. The Morgan fingerprint density at radius 3 is 2.50 bits per heavy atom. The van der Waals surface area contributed by atoms with Gasteiger partial charge in [0.1, 0.15) is 0 Å². The molecule has 2 heteroatoms. The van der Waals surface area contributed by atoms with Gasteiger partial charge in [0, 0.05) is 12.1 Å². The van der Waals surface area contributed by atoms with Gasteiger partial charge in [-0.2, -0.15) is 5.26 Å². The Kier molecular flexibility index (Phi) is 3.90. The third-order valence-electron chi connectivity index (χ3n) is 1.77. The fourth-order valence-corrected chi connectivity index (χ4v) is 1.20. The molecule has 0 N–H and O–H groups in total. The van der Waals surface area contributed by atoms with E-state index in [-0.39, 0.29) is 0 Å². The zero-order valence-corrected chi connectivity index (χ0v) is 8.57. The highest BCUT2D eigenvalue weighted by atomic mass is 15.0. The molecule has 1 aromatic rings. The van der Waals surface area contributed by atoms with Crippen LogP contribution in [0, 0.1) is 11.3 Å². The summed E-state index contributed by atoms with van der Waals surface area (Å²) in [6.45, 7) is 0.686. The zero-order valence-electron chi connectivity index (χ0n) is 8.57. The Morgan fingerprint density at radius 2 is 2.00 bits per heavy atom. The van der Waals surface area contributed by atoms with Gasteiger partial charge in [-0.25, -0.2) is 0 Å². The first-order valence-electron chi connectivity index (χ1n) is 4.53. The summed E-state index contributed by atoms with van der Waals surface area (Å²) < 4.78 is 0. The van der Waals surface area contributed by atoms with E-state index >= 15 is 0 Å². The van der Waals surface area contributed by atoms with Crippen molar-refractivity contribution < 1.29 is 0 Å². The Morgan fingerprint density at radius 1 is 1.36 bits per heavy atom. The van der Waals surface area contributed by atoms with Crippen molar-refractivity contribution in [3.8, 4) is 6.07 Å². The van der Waals surface area contributed by atoms with Crippen LogP contribution in [0.2, 0.25) is 0 Å². The molecule has 0 aliphatic rings. The summed E-state index contributed by atoms with van der Waals surface area (Å²) in [7, 11) is 3.91. The van der Waals surface area contributed by atoms with Crippen molar-refractivity contribution in [1.82, 2.24) is 4.90 Å². The van der Waals surface area contributed by atoms with E-state index in [9.17, 15) is 0 Å². The molecule has 0 atom stereocenters. The molecule has 0 aliphatic carbocycles. The molecule has 0 fully saturated rings. The van der Waals surface area contributed by atoms with Crippen molar-refractivity contribution in [2.75, 3.05) is 20.6 Å². The second-order valence-corrected chi connectivity index (χ2v) is 3.43. The van der Waals surface area contributed by atoms with Gasteiger partial charge in [-0.3, -0.25) is 0 Å². The molecule has 0 spiro atoms. The van der Waals surface area contributed by atoms with Crippen molar-refractivity contribution in [3.63, 3.8) is 0 Å². The van der Waals surface area contributed by atoms with Gasteiger partial charge in [0.25, 0.3) is 0 Å². The van der Waals surface area contributed by atoms with Gasteiger partial charge in [-0.05, 0) is 25.7 Å². The van der Waals surface area contributed by atoms with E-state index < -0.39 is 0 Å². The van der Waals surface area contributed by atoms with Gasteiger partial charge in [-0.15, -0.1) is 0 Å². The summed E-state index contributed by atoms with van der Waals surface area (Å²) in [5, 5.41) is 8.89. The topological polar surface area (TPSA) is 27.0 Å². The normalized spacial score (nSPS) is 11.4. The molecule has 2 nitrogen and oxygen atoms in total. The van der Waals surface area contributed by atoms with Crippen molar-refractivity contribution in [1.29, 1.82) is 5.26 Å². The predicted octanol–water partition coefficient (Wildman–Crippen LogP) is 2.16. The minimum absolute atomic E-state index is 0.686. The SMILES string of the molecule is CN(C)C/C(C#N)=C\c1ccccc1. The van der Waals surface area contributed by atoms with Crippen LogP contribution in [-0.4, -0.2) is 25.5 Å². The van der Waals surface area contributed by atoms with Gasteiger partial charge in [0.05, 0.1) is 6.07 Å². The van der Waals surface area contributed by atoms with E-state index in [1.807, 2.05) is 55.4 Å². The number of hydrogen-bond donors (Lipinski definition) is 0. The number of nitriles is 1. The Hall–Kier alpha value is -1.59. The Labute approximate surface area is 85.1 Å². The highest BCUT2D eigenvalue weighted by Gasteiger charge is 1.97. The van der Waals surface area contributed by atoms with Crippen LogP contribution in [0.1, 0.15) is 5.56 Å². The average Bonchev–Trinajstić information content (AvgIpc) is 2.17. The lowest BCUT2D eigenvalue weighted by atomic mass is 10.1. The first-order chi connectivity index (χ1) is 6.72. The highest BCUT2D eigenvalue weighted by Crippen LogP contribution is 2.06. The van der Waals surface area contributed by atoms with Crippen LogP contribution in [0.3, 0.4) is 0 Å².